The lowest BCUT2D eigenvalue weighted by atomic mass is 9.96. The molecule has 3 unspecified atom stereocenters. The average Bonchev–Trinajstić information content (AvgIpc) is 3.03. The molecule has 1 N–H and O–H groups in total. The fraction of sp³-hybridized carbons (Fsp3) is 0.938. The third kappa shape index (κ3) is 2.86. The summed E-state index contributed by atoms with van der Waals surface area (Å²) in [6.07, 6.45) is 8.13. The zero-order valence-electron chi connectivity index (χ0n) is 13.0. The van der Waals surface area contributed by atoms with Gasteiger partial charge in [-0.15, -0.1) is 0 Å². The van der Waals surface area contributed by atoms with E-state index in [0.717, 1.165) is 13.1 Å². The molecule has 1 saturated carbocycles. The highest BCUT2D eigenvalue weighted by Gasteiger charge is 2.42. The number of rotatable bonds is 3. The van der Waals surface area contributed by atoms with Crippen molar-refractivity contribution in [2.24, 2.45) is 11.8 Å². The van der Waals surface area contributed by atoms with Gasteiger partial charge in [0.2, 0.25) is 5.91 Å². The van der Waals surface area contributed by atoms with Crippen molar-refractivity contribution in [3.05, 3.63) is 0 Å². The lowest BCUT2D eigenvalue weighted by molar-refractivity contribution is -0.131. The summed E-state index contributed by atoms with van der Waals surface area (Å²) in [4.78, 5) is 17.1. The number of hydrogen-bond acceptors (Lipinski definition) is 3. The van der Waals surface area contributed by atoms with Crippen LogP contribution < -0.4 is 5.32 Å². The van der Waals surface area contributed by atoms with Gasteiger partial charge in [-0.1, -0.05) is 12.8 Å². The van der Waals surface area contributed by atoms with E-state index >= 15 is 0 Å². The minimum absolute atomic E-state index is 0.0157. The van der Waals surface area contributed by atoms with Crippen LogP contribution in [-0.2, 0) is 4.79 Å². The van der Waals surface area contributed by atoms with Crippen molar-refractivity contribution < 1.29 is 4.79 Å². The molecular formula is C16H29N3O. The Hall–Kier alpha value is -0.610. The van der Waals surface area contributed by atoms with E-state index in [0.29, 0.717) is 23.9 Å². The number of likely N-dealkylation sites (tertiary alicyclic amines) is 1. The van der Waals surface area contributed by atoms with Gasteiger partial charge in [-0.2, -0.15) is 0 Å². The Morgan fingerprint density at radius 3 is 2.65 bits per heavy atom. The Labute approximate surface area is 122 Å². The largest absolute Gasteiger partial charge is 0.325 e. The summed E-state index contributed by atoms with van der Waals surface area (Å²) >= 11 is 0. The zero-order chi connectivity index (χ0) is 14.1. The van der Waals surface area contributed by atoms with E-state index in [1.54, 1.807) is 0 Å². The molecule has 1 amide bonds. The summed E-state index contributed by atoms with van der Waals surface area (Å²) < 4.78 is 0. The van der Waals surface area contributed by atoms with Crippen molar-refractivity contribution in [3.8, 4) is 0 Å². The highest BCUT2D eigenvalue weighted by Crippen LogP contribution is 2.32. The summed E-state index contributed by atoms with van der Waals surface area (Å²) in [5.74, 6) is 1.68. The summed E-state index contributed by atoms with van der Waals surface area (Å²) in [6, 6.07) is 0.0157. The molecule has 1 aliphatic carbocycles. The molecule has 0 aromatic heterocycles. The zero-order valence-corrected chi connectivity index (χ0v) is 13.0. The first-order chi connectivity index (χ1) is 9.65. The summed E-state index contributed by atoms with van der Waals surface area (Å²) in [6.45, 7) is 5.35. The lowest BCUT2D eigenvalue weighted by Gasteiger charge is -2.36. The van der Waals surface area contributed by atoms with Crippen molar-refractivity contribution in [1.29, 1.82) is 0 Å². The molecule has 4 nitrogen and oxygen atoms in total. The number of nitrogens with zero attached hydrogens (tertiary/aromatic N) is 2. The van der Waals surface area contributed by atoms with Gasteiger partial charge in [0, 0.05) is 13.1 Å². The van der Waals surface area contributed by atoms with Crippen LogP contribution in [0.15, 0.2) is 0 Å². The molecule has 0 aromatic carbocycles. The van der Waals surface area contributed by atoms with Crippen LogP contribution in [0.25, 0.3) is 0 Å². The highest BCUT2D eigenvalue weighted by atomic mass is 16.2. The van der Waals surface area contributed by atoms with Crippen molar-refractivity contribution in [3.63, 3.8) is 0 Å². The van der Waals surface area contributed by atoms with Gasteiger partial charge < -0.3 is 9.80 Å². The van der Waals surface area contributed by atoms with Gasteiger partial charge in [-0.05, 0) is 58.0 Å². The smallest absolute Gasteiger partial charge is 0.240 e. The molecule has 3 aliphatic rings. The Morgan fingerprint density at radius 1 is 1.20 bits per heavy atom. The van der Waals surface area contributed by atoms with Crippen LogP contribution in [0.3, 0.4) is 0 Å². The lowest BCUT2D eigenvalue weighted by Crippen LogP contribution is -2.47. The molecule has 4 heteroatoms. The summed E-state index contributed by atoms with van der Waals surface area (Å²) in [7, 11) is 2.20. The Bertz CT molecular complexity index is 354. The SMILES string of the molecule is CC1NC(C2CCCC2)N(CC2CCCN(C)C2)C1=O. The summed E-state index contributed by atoms with van der Waals surface area (Å²) in [5, 5.41) is 3.56. The molecule has 0 spiro atoms. The second kappa shape index (κ2) is 6.02. The van der Waals surface area contributed by atoms with Crippen molar-refractivity contribution >= 4 is 5.91 Å². The predicted octanol–water partition coefficient (Wildman–Crippen LogP) is 1.66. The van der Waals surface area contributed by atoms with E-state index in [4.69, 9.17) is 0 Å². The number of piperidine rings is 1. The van der Waals surface area contributed by atoms with E-state index in [9.17, 15) is 4.79 Å². The van der Waals surface area contributed by atoms with E-state index in [-0.39, 0.29) is 6.04 Å². The second-order valence-corrected chi connectivity index (χ2v) is 7.14. The van der Waals surface area contributed by atoms with Crippen LogP contribution in [0, 0.1) is 11.8 Å². The molecular weight excluding hydrogens is 250 g/mol. The molecule has 3 rings (SSSR count). The molecule has 0 radical (unpaired) electrons. The van der Waals surface area contributed by atoms with Crippen molar-refractivity contribution in [2.45, 2.75) is 57.7 Å². The van der Waals surface area contributed by atoms with Crippen molar-refractivity contribution in [2.75, 3.05) is 26.7 Å². The maximum absolute atomic E-state index is 12.5. The first-order valence-corrected chi connectivity index (χ1v) is 8.40. The molecule has 2 aliphatic heterocycles. The van der Waals surface area contributed by atoms with Gasteiger partial charge in [0.25, 0.3) is 0 Å². The maximum Gasteiger partial charge on any atom is 0.240 e. The van der Waals surface area contributed by atoms with Crippen LogP contribution in [0.1, 0.15) is 45.4 Å². The number of carbonyl (C=O) groups is 1. The number of carbonyl (C=O) groups excluding carboxylic acids is 1. The Balaban J connectivity index is 1.66. The topological polar surface area (TPSA) is 35.6 Å². The molecule has 0 bridgehead atoms. The first kappa shape index (κ1) is 14.3. The summed E-state index contributed by atoms with van der Waals surface area (Å²) in [5.41, 5.74) is 0. The third-order valence-electron chi connectivity index (χ3n) is 5.43. The molecule has 114 valence electrons. The normalized spacial score (nSPS) is 37.0. The average molecular weight is 279 g/mol. The molecule has 3 fully saturated rings. The maximum atomic E-state index is 12.5. The van der Waals surface area contributed by atoms with Crippen LogP contribution in [0.2, 0.25) is 0 Å². The molecule has 20 heavy (non-hydrogen) atoms. The minimum Gasteiger partial charge on any atom is -0.325 e. The fourth-order valence-electron chi connectivity index (χ4n) is 4.37. The van der Waals surface area contributed by atoms with Gasteiger partial charge >= 0.3 is 0 Å². The quantitative estimate of drug-likeness (QED) is 0.853. The van der Waals surface area contributed by atoms with E-state index in [2.05, 4.69) is 22.2 Å². The van der Waals surface area contributed by atoms with Crippen LogP contribution in [-0.4, -0.2) is 54.6 Å². The Morgan fingerprint density at radius 2 is 1.95 bits per heavy atom. The van der Waals surface area contributed by atoms with Gasteiger partial charge in [0.15, 0.2) is 0 Å². The predicted molar refractivity (Wildman–Crippen MR) is 80.3 cm³/mol. The van der Waals surface area contributed by atoms with E-state index in [1.807, 2.05) is 6.92 Å². The van der Waals surface area contributed by atoms with E-state index in [1.165, 1.54) is 45.1 Å². The second-order valence-electron chi connectivity index (χ2n) is 7.14. The molecule has 2 saturated heterocycles. The van der Waals surface area contributed by atoms with Crippen LogP contribution in [0.5, 0.6) is 0 Å². The monoisotopic (exact) mass is 279 g/mol. The Kier molecular flexibility index (Phi) is 4.32. The van der Waals surface area contributed by atoms with Gasteiger partial charge in [0.1, 0.15) is 0 Å². The molecule has 3 atom stereocenters. The van der Waals surface area contributed by atoms with E-state index < -0.39 is 0 Å². The first-order valence-electron chi connectivity index (χ1n) is 8.40. The molecule has 0 aromatic rings. The fourth-order valence-corrected chi connectivity index (χ4v) is 4.37. The van der Waals surface area contributed by atoms with Gasteiger partial charge in [0.05, 0.1) is 12.2 Å². The standard InChI is InChI=1S/C16H29N3O/c1-12-16(20)19(11-13-6-5-9-18(2)10-13)15(17-12)14-7-3-4-8-14/h12-15,17H,3-11H2,1-2H3. The highest BCUT2D eigenvalue weighted by molar-refractivity contribution is 5.84. The van der Waals surface area contributed by atoms with Crippen molar-refractivity contribution in [1.82, 2.24) is 15.1 Å². The third-order valence-corrected chi connectivity index (χ3v) is 5.43. The van der Waals surface area contributed by atoms with Crippen LogP contribution >= 0.6 is 0 Å². The van der Waals surface area contributed by atoms with Crippen LogP contribution in [0.4, 0.5) is 0 Å². The number of hydrogen-bond donors (Lipinski definition) is 1. The van der Waals surface area contributed by atoms with Gasteiger partial charge in [-0.25, -0.2) is 0 Å². The number of nitrogens with one attached hydrogen (secondary N) is 1. The molecule has 2 heterocycles. The van der Waals surface area contributed by atoms with Gasteiger partial charge in [-0.3, -0.25) is 10.1 Å². The number of amides is 1. The minimum atomic E-state index is 0.0157.